The smallest absolute Gasteiger partial charge is 0.272 e. The number of hydrogen-bond acceptors (Lipinski definition) is 7. The molecule has 9 nitrogen and oxygen atoms in total. The van der Waals surface area contributed by atoms with Gasteiger partial charge in [0, 0.05) is 27.8 Å². The van der Waals surface area contributed by atoms with Crippen LogP contribution in [0.15, 0.2) is 126 Å². The molecular weight excluding hydrogens is 709 g/mol. The summed E-state index contributed by atoms with van der Waals surface area (Å²) in [5.74, 6) is -0.197. The number of rotatable bonds is 13. The van der Waals surface area contributed by atoms with E-state index in [9.17, 15) is 14.4 Å². The van der Waals surface area contributed by atoms with Gasteiger partial charge in [-0.2, -0.15) is 0 Å². The summed E-state index contributed by atoms with van der Waals surface area (Å²) in [6.07, 6.45) is 1.49. The minimum Gasteiger partial charge on any atom is -0.496 e. The normalized spacial score (nSPS) is 11.6. The molecule has 0 aliphatic carbocycles. The van der Waals surface area contributed by atoms with E-state index in [1.165, 1.54) is 39.2 Å². The molecule has 0 radical (unpaired) electrons. The van der Waals surface area contributed by atoms with E-state index in [0.717, 1.165) is 5.56 Å². The maximum atomic E-state index is 13.9. The fourth-order valence-corrected chi connectivity index (χ4v) is 6.38. The Labute approximate surface area is 309 Å². The van der Waals surface area contributed by atoms with Crippen molar-refractivity contribution < 1.29 is 28.6 Å². The van der Waals surface area contributed by atoms with Gasteiger partial charge in [-0.05, 0) is 60.2 Å². The Morgan fingerprint density at radius 3 is 2.04 bits per heavy atom. The number of benzene rings is 5. The first-order chi connectivity index (χ1) is 24.7. The predicted octanol–water partition coefficient (Wildman–Crippen LogP) is 8.90. The van der Waals surface area contributed by atoms with Crippen molar-refractivity contribution in [2.45, 2.75) is 10.1 Å². The van der Waals surface area contributed by atoms with Gasteiger partial charge in [0.05, 0.1) is 37.1 Å². The first kappa shape index (κ1) is 36.9. The molecule has 0 aromatic heterocycles. The second-order valence-corrected chi connectivity index (χ2v) is 12.8. The van der Waals surface area contributed by atoms with Crippen molar-refractivity contribution in [2.24, 2.45) is 0 Å². The van der Waals surface area contributed by atoms with Crippen LogP contribution in [0.4, 0.5) is 11.4 Å². The minimum absolute atomic E-state index is 0.0626. The van der Waals surface area contributed by atoms with Gasteiger partial charge in [-0.1, -0.05) is 83.9 Å². The summed E-state index contributed by atoms with van der Waals surface area (Å²) >= 11 is 13.8. The lowest BCUT2D eigenvalue weighted by Crippen LogP contribution is -2.30. The molecule has 1 unspecified atom stereocenters. The van der Waals surface area contributed by atoms with Gasteiger partial charge in [-0.3, -0.25) is 14.4 Å². The number of ether oxygens (including phenoxy) is 3. The lowest BCUT2D eigenvalue weighted by atomic mass is 10.1. The number of carbonyl (C=O) groups is 3. The SMILES string of the molecule is COc1cc(OC)c(OC)cc1/C=C(/NC(=O)c1ccccc1)C(=O)Nc1cccc(SC(C(=O)Nc2cccc(Cl)c2Cl)c2ccccc2)c1. The van der Waals surface area contributed by atoms with Crippen LogP contribution in [0, 0.1) is 0 Å². The average Bonchev–Trinajstić information content (AvgIpc) is 3.15. The van der Waals surface area contributed by atoms with Crippen LogP contribution in [0.3, 0.4) is 0 Å². The third kappa shape index (κ3) is 9.43. The fraction of sp³-hybridized carbons (Fsp3) is 0.103. The summed E-state index contributed by atoms with van der Waals surface area (Å²) in [7, 11) is 4.48. The molecule has 0 aliphatic heterocycles. The molecule has 1 atom stereocenters. The first-order valence-corrected chi connectivity index (χ1v) is 17.1. The molecule has 3 N–H and O–H groups in total. The third-order valence-corrected chi connectivity index (χ3v) is 9.53. The minimum atomic E-state index is -0.690. The van der Waals surface area contributed by atoms with Crippen LogP contribution in [0.25, 0.3) is 6.08 Å². The van der Waals surface area contributed by atoms with Gasteiger partial charge in [0.25, 0.3) is 11.8 Å². The molecule has 5 aromatic carbocycles. The van der Waals surface area contributed by atoms with Gasteiger partial charge >= 0.3 is 0 Å². The fourth-order valence-electron chi connectivity index (χ4n) is 4.94. The lowest BCUT2D eigenvalue weighted by molar-refractivity contribution is -0.116. The Balaban J connectivity index is 1.44. The molecular formula is C39H33Cl2N3O6S. The molecule has 12 heteroatoms. The van der Waals surface area contributed by atoms with Gasteiger partial charge < -0.3 is 30.2 Å². The van der Waals surface area contributed by atoms with Crippen molar-refractivity contribution >= 4 is 70.1 Å². The Kier molecular flexibility index (Phi) is 12.6. The van der Waals surface area contributed by atoms with Crippen molar-refractivity contribution in [1.82, 2.24) is 5.32 Å². The Bertz CT molecular complexity index is 2060. The standard InChI is InChI=1S/C39H33Cl2N3O6S/c1-48-32-23-34(50-3)33(49-2)21-26(32)20-31(44-37(45)25-14-8-5-9-15-25)38(46)42-27-16-10-17-28(22-27)51-36(24-12-6-4-7-13-24)39(47)43-30-19-11-18-29(40)35(30)41/h4-23,36H,1-3H3,(H,42,46)(H,43,47)(H,44,45)/b31-20+. The van der Waals surface area contributed by atoms with Crippen molar-refractivity contribution in [3.05, 3.63) is 148 Å². The number of anilines is 2. The Morgan fingerprint density at radius 1 is 0.706 bits per heavy atom. The number of carbonyl (C=O) groups excluding carboxylic acids is 3. The van der Waals surface area contributed by atoms with Crippen LogP contribution in [0.5, 0.6) is 17.2 Å². The number of nitrogens with one attached hydrogen (secondary N) is 3. The van der Waals surface area contributed by atoms with Gasteiger partial charge in [0.1, 0.15) is 16.7 Å². The summed E-state index contributed by atoms with van der Waals surface area (Å²) < 4.78 is 16.4. The van der Waals surface area contributed by atoms with E-state index in [4.69, 9.17) is 37.4 Å². The average molecular weight is 743 g/mol. The van der Waals surface area contributed by atoms with E-state index in [0.29, 0.717) is 49.7 Å². The molecule has 51 heavy (non-hydrogen) atoms. The lowest BCUT2D eigenvalue weighted by Gasteiger charge is -2.18. The highest BCUT2D eigenvalue weighted by molar-refractivity contribution is 8.00. The van der Waals surface area contributed by atoms with Crippen LogP contribution < -0.4 is 30.2 Å². The molecule has 0 saturated heterocycles. The molecule has 0 spiro atoms. The van der Waals surface area contributed by atoms with Crippen LogP contribution >= 0.6 is 35.0 Å². The van der Waals surface area contributed by atoms with Crippen molar-refractivity contribution in [1.29, 1.82) is 0 Å². The van der Waals surface area contributed by atoms with Gasteiger partial charge in [-0.15, -0.1) is 11.8 Å². The monoisotopic (exact) mass is 741 g/mol. The van der Waals surface area contributed by atoms with Crippen LogP contribution in [-0.4, -0.2) is 39.1 Å². The summed E-state index contributed by atoms with van der Waals surface area (Å²) in [6.45, 7) is 0. The molecule has 260 valence electrons. The summed E-state index contributed by atoms with van der Waals surface area (Å²) in [6, 6.07) is 33.1. The summed E-state index contributed by atoms with van der Waals surface area (Å²) in [5.41, 5.74) is 2.32. The zero-order valence-electron chi connectivity index (χ0n) is 27.7. The molecule has 0 aliphatic rings. The van der Waals surface area contributed by atoms with E-state index < -0.39 is 17.1 Å². The second-order valence-electron chi connectivity index (χ2n) is 10.8. The van der Waals surface area contributed by atoms with Crippen LogP contribution in [0.2, 0.25) is 10.0 Å². The second kappa shape index (κ2) is 17.5. The maximum absolute atomic E-state index is 13.9. The van der Waals surface area contributed by atoms with E-state index in [1.54, 1.807) is 78.9 Å². The van der Waals surface area contributed by atoms with E-state index in [1.807, 2.05) is 36.4 Å². The van der Waals surface area contributed by atoms with E-state index in [-0.39, 0.29) is 16.6 Å². The van der Waals surface area contributed by atoms with Crippen molar-refractivity contribution in [3.8, 4) is 17.2 Å². The number of thioether (sulfide) groups is 1. The summed E-state index contributed by atoms with van der Waals surface area (Å²) in [4.78, 5) is 41.5. The number of amides is 3. The molecule has 5 aromatic rings. The van der Waals surface area contributed by atoms with Gasteiger partial charge in [0.15, 0.2) is 11.5 Å². The number of methoxy groups -OCH3 is 3. The topological polar surface area (TPSA) is 115 Å². The molecule has 0 bridgehead atoms. The maximum Gasteiger partial charge on any atom is 0.272 e. The molecule has 3 amide bonds. The highest BCUT2D eigenvalue weighted by atomic mass is 35.5. The first-order valence-electron chi connectivity index (χ1n) is 15.5. The predicted molar refractivity (Wildman–Crippen MR) is 203 cm³/mol. The number of hydrogen-bond donors (Lipinski definition) is 3. The highest BCUT2D eigenvalue weighted by Gasteiger charge is 2.24. The zero-order chi connectivity index (χ0) is 36.3. The summed E-state index contributed by atoms with van der Waals surface area (Å²) in [5, 5.41) is 8.38. The van der Waals surface area contributed by atoms with Crippen molar-refractivity contribution in [2.75, 3.05) is 32.0 Å². The molecule has 0 fully saturated rings. The molecule has 5 rings (SSSR count). The third-order valence-electron chi connectivity index (χ3n) is 7.46. The van der Waals surface area contributed by atoms with Crippen LogP contribution in [0.1, 0.15) is 26.7 Å². The largest absolute Gasteiger partial charge is 0.496 e. The quantitative estimate of drug-likeness (QED) is 0.0816. The zero-order valence-corrected chi connectivity index (χ0v) is 30.1. The number of halogens is 2. The van der Waals surface area contributed by atoms with Crippen molar-refractivity contribution in [3.63, 3.8) is 0 Å². The highest BCUT2D eigenvalue weighted by Crippen LogP contribution is 2.39. The van der Waals surface area contributed by atoms with E-state index in [2.05, 4.69) is 16.0 Å². The Hall–Kier alpha value is -5.42. The van der Waals surface area contributed by atoms with Gasteiger partial charge in [0.2, 0.25) is 5.91 Å². The molecule has 0 saturated carbocycles. The molecule has 0 heterocycles. The van der Waals surface area contributed by atoms with Crippen LogP contribution in [-0.2, 0) is 9.59 Å². The van der Waals surface area contributed by atoms with Gasteiger partial charge in [-0.25, -0.2) is 0 Å². The van der Waals surface area contributed by atoms with E-state index >= 15 is 0 Å². The Morgan fingerprint density at radius 2 is 1.35 bits per heavy atom.